The molecule has 6 nitrogen and oxygen atoms in total. The van der Waals surface area contributed by atoms with Gasteiger partial charge in [0.25, 0.3) is 0 Å². The van der Waals surface area contributed by atoms with E-state index in [0.29, 0.717) is 17.8 Å². The zero-order valence-electron chi connectivity index (χ0n) is 11.4. The molecule has 0 saturated heterocycles. The molecule has 21 heavy (non-hydrogen) atoms. The average molecular weight is 287 g/mol. The average Bonchev–Trinajstić information content (AvgIpc) is 2.49. The predicted octanol–water partition coefficient (Wildman–Crippen LogP) is 2.52. The van der Waals surface area contributed by atoms with Crippen molar-refractivity contribution in [1.82, 2.24) is 9.97 Å². The van der Waals surface area contributed by atoms with Crippen molar-refractivity contribution in [3.05, 3.63) is 41.5 Å². The zero-order valence-corrected chi connectivity index (χ0v) is 11.4. The summed E-state index contributed by atoms with van der Waals surface area (Å²) in [6.45, 7) is 1.99. The first-order valence-electron chi connectivity index (χ1n) is 6.38. The Morgan fingerprint density at radius 1 is 1.43 bits per heavy atom. The smallest absolute Gasteiger partial charge is 0.227 e. The van der Waals surface area contributed by atoms with E-state index in [1.54, 1.807) is 6.07 Å². The van der Waals surface area contributed by atoms with Gasteiger partial charge < -0.3 is 10.2 Å². The highest BCUT2D eigenvalue weighted by Gasteiger charge is 2.15. The summed E-state index contributed by atoms with van der Waals surface area (Å²) < 4.78 is 19.2. The lowest BCUT2D eigenvalue weighted by molar-refractivity contribution is 0.448. The lowest BCUT2D eigenvalue weighted by Crippen LogP contribution is -2.12. The maximum absolute atomic E-state index is 13.6. The Morgan fingerprint density at radius 2 is 2.24 bits per heavy atom. The number of nitrogens with two attached hydrogens (primary N) is 1. The van der Waals surface area contributed by atoms with E-state index in [9.17, 15) is 4.39 Å². The van der Waals surface area contributed by atoms with Crippen LogP contribution in [0.2, 0.25) is 0 Å². The monoisotopic (exact) mass is 287 g/mol. The number of rotatable bonds is 5. The van der Waals surface area contributed by atoms with E-state index >= 15 is 0 Å². The summed E-state index contributed by atoms with van der Waals surface area (Å²) in [5.74, 6) is 5.58. The summed E-state index contributed by atoms with van der Waals surface area (Å²) in [5, 5.41) is 9.02. The van der Waals surface area contributed by atoms with Gasteiger partial charge in [0.2, 0.25) is 5.88 Å². The first-order chi connectivity index (χ1) is 10.2. The number of hydrogen-bond acceptors (Lipinski definition) is 6. The second-order valence-corrected chi connectivity index (χ2v) is 4.23. The lowest BCUT2D eigenvalue weighted by atomic mass is 10.1. The van der Waals surface area contributed by atoms with Crippen molar-refractivity contribution in [2.45, 2.75) is 19.8 Å². The zero-order chi connectivity index (χ0) is 15.2. The molecule has 2 aromatic rings. The number of hydrazine groups is 1. The van der Waals surface area contributed by atoms with Crippen molar-refractivity contribution in [2.24, 2.45) is 5.84 Å². The molecule has 0 unspecified atom stereocenters. The fraction of sp³-hybridized carbons (Fsp3) is 0.214. The lowest BCUT2D eigenvalue weighted by Gasteiger charge is -2.13. The normalized spacial score (nSPS) is 10.0. The highest BCUT2D eigenvalue weighted by atomic mass is 19.1. The number of nitriles is 1. The molecule has 0 aliphatic heterocycles. The maximum atomic E-state index is 13.6. The molecule has 0 spiro atoms. The van der Waals surface area contributed by atoms with Gasteiger partial charge in [0, 0.05) is 0 Å². The molecule has 108 valence electrons. The van der Waals surface area contributed by atoms with Crippen molar-refractivity contribution in [1.29, 1.82) is 5.26 Å². The molecule has 0 amide bonds. The Balaban J connectivity index is 2.45. The van der Waals surface area contributed by atoms with E-state index < -0.39 is 5.82 Å². The van der Waals surface area contributed by atoms with Crippen LogP contribution in [0.5, 0.6) is 11.6 Å². The predicted molar refractivity (Wildman–Crippen MR) is 75.0 cm³/mol. The van der Waals surface area contributed by atoms with E-state index in [0.717, 1.165) is 6.42 Å². The van der Waals surface area contributed by atoms with Crippen LogP contribution in [0.4, 0.5) is 10.2 Å². The van der Waals surface area contributed by atoms with Crippen LogP contribution in [-0.2, 0) is 6.42 Å². The minimum absolute atomic E-state index is 0.108. The van der Waals surface area contributed by atoms with Crippen LogP contribution in [-0.4, -0.2) is 9.97 Å². The van der Waals surface area contributed by atoms with E-state index in [2.05, 4.69) is 15.4 Å². The summed E-state index contributed by atoms with van der Waals surface area (Å²) >= 11 is 0. The first-order valence-corrected chi connectivity index (χ1v) is 6.38. The van der Waals surface area contributed by atoms with Gasteiger partial charge in [0.05, 0.1) is 5.56 Å². The van der Waals surface area contributed by atoms with Crippen molar-refractivity contribution in [2.75, 3.05) is 5.43 Å². The van der Waals surface area contributed by atoms with Gasteiger partial charge in [0.1, 0.15) is 35.3 Å². The second-order valence-electron chi connectivity index (χ2n) is 4.23. The summed E-state index contributed by atoms with van der Waals surface area (Å²) in [7, 11) is 0. The van der Waals surface area contributed by atoms with E-state index in [1.165, 1.54) is 24.5 Å². The van der Waals surface area contributed by atoms with Gasteiger partial charge in [-0.2, -0.15) is 5.26 Å². The Bertz CT molecular complexity index is 684. The minimum Gasteiger partial charge on any atom is -0.437 e. The van der Waals surface area contributed by atoms with Gasteiger partial charge in [0.15, 0.2) is 0 Å². The Labute approximate surface area is 121 Å². The molecule has 1 heterocycles. The molecule has 0 atom stereocenters. The third kappa shape index (κ3) is 3.07. The Kier molecular flexibility index (Phi) is 4.64. The quantitative estimate of drug-likeness (QED) is 0.648. The van der Waals surface area contributed by atoms with Gasteiger partial charge in [-0.3, -0.25) is 0 Å². The molecule has 0 aliphatic rings. The van der Waals surface area contributed by atoms with Crippen LogP contribution in [0.3, 0.4) is 0 Å². The largest absolute Gasteiger partial charge is 0.437 e. The summed E-state index contributed by atoms with van der Waals surface area (Å²) in [4.78, 5) is 8.06. The number of halogens is 1. The van der Waals surface area contributed by atoms with Gasteiger partial charge >= 0.3 is 0 Å². The van der Waals surface area contributed by atoms with Crippen LogP contribution < -0.4 is 16.0 Å². The van der Waals surface area contributed by atoms with E-state index in [-0.39, 0.29) is 17.2 Å². The standard InChI is InChI=1S/C14H14FN5O/c1-2-4-9-13(20-17)18-8-19-14(9)21-12-6-3-5-11(15)10(12)7-16/h3,5-6,8H,2,4,17H2,1H3,(H,18,19,20). The fourth-order valence-electron chi connectivity index (χ4n) is 1.89. The van der Waals surface area contributed by atoms with Crippen LogP contribution in [0, 0.1) is 17.1 Å². The van der Waals surface area contributed by atoms with Crippen LogP contribution in [0.15, 0.2) is 24.5 Å². The third-order valence-electron chi connectivity index (χ3n) is 2.84. The van der Waals surface area contributed by atoms with Crippen LogP contribution >= 0.6 is 0 Å². The Hall–Kier alpha value is -2.72. The number of aromatic nitrogens is 2. The van der Waals surface area contributed by atoms with Gasteiger partial charge in [-0.15, -0.1) is 0 Å². The number of anilines is 1. The number of nitrogen functional groups attached to an aromatic ring is 1. The van der Waals surface area contributed by atoms with Crippen molar-refractivity contribution in [3.63, 3.8) is 0 Å². The van der Waals surface area contributed by atoms with Crippen LogP contribution in [0.25, 0.3) is 0 Å². The number of nitrogens with one attached hydrogen (secondary N) is 1. The highest BCUT2D eigenvalue weighted by molar-refractivity contribution is 5.51. The summed E-state index contributed by atoms with van der Waals surface area (Å²) in [6.07, 6.45) is 2.74. The van der Waals surface area contributed by atoms with Crippen molar-refractivity contribution >= 4 is 5.82 Å². The summed E-state index contributed by atoms with van der Waals surface area (Å²) in [6, 6.07) is 5.96. The van der Waals surface area contributed by atoms with E-state index in [4.69, 9.17) is 15.8 Å². The minimum atomic E-state index is -0.640. The molecule has 0 bridgehead atoms. The second kappa shape index (κ2) is 6.63. The molecule has 1 aromatic carbocycles. The SMILES string of the molecule is CCCc1c(NN)ncnc1Oc1cccc(F)c1C#N. The Morgan fingerprint density at radius 3 is 2.90 bits per heavy atom. The number of nitrogens with zero attached hydrogens (tertiary/aromatic N) is 3. The van der Waals surface area contributed by atoms with Gasteiger partial charge in [-0.1, -0.05) is 19.4 Å². The topological polar surface area (TPSA) is 96.8 Å². The van der Waals surface area contributed by atoms with Gasteiger partial charge in [-0.05, 0) is 18.6 Å². The molecular weight excluding hydrogens is 273 g/mol. The molecule has 3 N–H and O–H groups in total. The summed E-state index contributed by atoms with van der Waals surface area (Å²) in [5.41, 5.74) is 2.99. The molecular formula is C14H14FN5O. The van der Waals surface area contributed by atoms with Crippen molar-refractivity contribution < 1.29 is 9.13 Å². The molecule has 0 aliphatic carbocycles. The highest BCUT2D eigenvalue weighted by Crippen LogP contribution is 2.30. The molecule has 0 radical (unpaired) electrons. The van der Waals surface area contributed by atoms with Crippen molar-refractivity contribution in [3.8, 4) is 17.7 Å². The van der Waals surface area contributed by atoms with E-state index in [1.807, 2.05) is 6.92 Å². The molecule has 2 rings (SSSR count). The first kappa shape index (κ1) is 14.7. The third-order valence-corrected chi connectivity index (χ3v) is 2.84. The maximum Gasteiger partial charge on any atom is 0.227 e. The number of benzene rings is 1. The number of hydrogen-bond donors (Lipinski definition) is 2. The van der Waals surface area contributed by atoms with Crippen LogP contribution in [0.1, 0.15) is 24.5 Å². The molecule has 1 aromatic heterocycles. The fourth-order valence-corrected chi connectivity index (χ4v) is 1.89. The number of ether oxygens (including phenoxy) is 1. The molecule has 0 fully saturated rings. The molecule has 7 heteroatoms. The molecule has 0 saturated carbocycles. The van der Waals surface area contributed by atoms with Gasteiger partial charge in [-0.25, -0.2) is 20.2 Å².